The molecular formula is C12H12F4OS. The van der Waals surface area contributed by atoms with Gasteiger partial charge in [0.05, 0.1) is 5.75 Å². The second-order valence-corrected chi connectivity index (χ2v) is 4.80. The summed E-state index contributed by atoms with van der Waals surface area (Å²) in [6.45, 7) is 0. The number of ketones is 1. The largest absolute Gasteiger partial charge is 0.389 e. The highest BCUT2D eigenvalue weighted by molar-refractivity contribution is 8.00. The van der Waals surface area contributed by atoms with Crippen molar-refractivity contribution in [1.82, 2.24) is 0 Å². The highest BCUT2D eigenvalue weighted by atomic mass is 32.2. The molecule has 0 saturated carbocycles. The number of Topliss-reactive ketones (excluding diaryl/α,β-unsaturated/α-hetero) is 1. The Bertz CT molecular complexity index is 403. The predicted molar refractivity (Wildman–Crippen MR) is 62.0 cm³/mol. The third kappa shape index (κ3) is 6.64. The second kappa shape index (κ2) is 6.78. The summed E-state index contributed by atoms with van der Waals surface area (Å²) in [4.78, 5) is 11.9. The Morgan fingerprint density at radius 3 is 2.61 bits per heavy atom. The van der Waals surface area contributed by atoms with E-state index >= 15 is 0 Å². The third-order valence-corrected chi connectivity index (χ3v) is 3.17. The zero-order valence-corrected chi connectivity index (χ0v) is 10.3. The maximum absolute atomic E-state index is 12.8. The number of rotatable bonds is 6. The molecule has 0 aliphatic carbocycles. The molecule has 0 aliphatic rings. The molecule has 0 aliphatic heterocycles. The van der Waals surface area contributed by atoms with E-state index in [4.69, 9.17) is 0 Å². The Hall–Kier alpha value is -1.04. The average Bonchev–Trinajstić information content (AvgIpc) is 2.25. The molecule has 18 heavy (non-hydrogen) atoms. The SMILES string of the molecule is O=C(CCCC(F)(F)F)CSc1cccc(F)c1. The average molecular weight is 280 g/mol. The number of hydrogen-bond acceptors (Lipinski definition) is 2. The number of carbonyl (C=O) groups is 1. The molecular weight excluding hydrogens is 268 g/mol. The number of hydrogen-bond donors (Lipinski definition) is 0. The first kappa shape index (κ1) is 15.0. The van der Waals surface area contributed by atoms with E-state index in [1.54, 1.807) is 6.07 Å². The molecule has 0 unspecified atom stereocenters. The highest BCUT2D eigenvalue weighted by Crippen LogP contribution is 2.23. The van der Waals surface area contributed by atoms with Crippen LogP contribution in [0, 0.1) is 5.82 Å². The van der Waals surface area contributed by atoms with Crippen LogP contribution in [0.3, 0.4) is 0 Å². The second-order valence-electron chi connectivity index (χ2n) is 3.75. The lowest BCUT2D eigenvalue weighted by Crippen LogP contribution is -2.09. The lowest BCUT2D eigenvalue weighted by Gasteiger charge is -2.05. The van der Waals surface area contributed by atoms with Crippen molar-refractivity contribution < 1.29 is 22.4 Å². The van der Waals surface area contributed by atoms with Crippen LogP contribution in [-0.2, 0) is 4.79 Å². The maximum atomic E-state index is 12.8. The van der Waals surface area contributed by atoms with Gasteiger partial charge in [0.2, 0.25) is 0 Å². The van der Waals surface area contributed by atoms with E-state index in [9.17, 15) is 22.4 Å². The minimum absolute atomic E-state index is 0.0707. The lowest BCUT2D eigenvalue weighted by molar-refractivity contribution is -0.136. The van der Waals surface area contributed by atoms with Crippen molar-refractivity contribution in [2.75, 3.05) is 5.75 Å². The first-order chi connectivity index (χ1) is 8.37. The highest BCUT2D eigenvalue weighted by Gasteiger charge is 2.26. The Labute approximate surface area is 107 Å². The van der Waals surface area contributed by atoms with E-state index in [0.29, 0.717) is 4.90 Å². The van der Waals surface area contributed by atoms with Gasteiger partial charge in [0, 0.05) is 17.7 Å². The van der Waals surface area contributed by atoms with Crippen molar-refractivity contribution in [1.29, 1.82) is 0 Å². The summed E-state index contributed by atoms with van der Waals surface area (Å²) < 4.78 is 48.3. The molecule has 0 amide bonds. The number of benzene rings is 1. The Morgan fingerprint density at radius 1 is 1.28 bits per heavy atom. The molecule has 1 aromatic rings. The van der Waals surface area contributed by atoms with Crippen molar-refractivity contribution in [3.8, 4) is 0 Å². The summed E-state index contributed by atoms with van der Waals surface area (Å²) in [5, 5.41) is 0. The Balaban J connectivity index is 2.25. The summed E-state index contributed by atoms with van der Waals surface area (Å²) in [5.74, 6) is -0.584. The maximum Gasteiger partial charge on any atom is 0.389 e. The minimum atomic E-state index is -4.21. The molecule has 0 spiro atoms. The molecule has 1 nitrogen and oxygen atoms in total. The smallest absolute Gasteiger partial charge is 0.299 e. The molecule has 0 atom stereocenters. The molecule has 0 N–H and O–H groups in total. The molecule has 0 fully saturated rings. The normalized spacial score (nSPS) is 11.6. The van der Waals surface area contributed by atoms with Gasteiger partial charge in [-0.25, -0.2) is 4.39 Å². The predicted octanol–water partition coefficient (Wildman–Crippen LogP) is 4.22. The van der Waals surface area contributed by atoms with E-state index in [1.165, 1.54) is 18.2 Å². The Kier molecular flexibility index (Phi) is 5.65. The number of thioether (sulfide) groups is 1. The Morgan fingerprint density at radius 2 is 2.00 bits per heavy atom. The summed E-state index contributed by atoms with van der Waals surface area (Å²) in [7, 11) is 0. The van der Waals surface area contributed by atoms with Gasteiger partial charge in [-0.15, -0.1) is 11.8 Å². The number of halogens is 4. The van der Waals surface area contributed by atoms with Crippen LogP contribution in [0.1, 0.15) is 19.3 Å². The molecule has 6 heteroatoms. The van der Waals surface area contributed by atoms with Crippen LogP contribution in [0.15, 0.2) is 29.2 Å². The fraction of sp³-hybridized carbons (Fsp3) is 0.417. The molecule has 1 aromatic carbocycles. The van der Waals surface area contributed by atoms with Crippen LogP contribution in [-0.4, -0.2) is 17.7 Å². The van der Waals surface area contributed by atoms with Crippen LogP contribution < -0.4 is 0 Å². The fourth-order valence-electron chi connectivity index (χ4n) is 1.28. The summed E-state index contributed by atoms with van der Waals surface area (Å²) >= 11 is 1.13. The van der Waals surface area contributed by atoms with E-state index in [1.807, 2.05) is 0 Å². The van der Waals surface area contributed by atoms with Gasteiger partial charge >= 0.3 is 6.18 Å². The molecule has 0 aromatic heterocycles. The van der Waals surface area contributed by atoms with Crippen LogP contribution >= 0.6 is 11.8 Å². The van der Waals surface area contributed by atoms with E-state index in [0.717, 1.165) is 11.8 Å². The zero-order chi connectivity index (χ0) is 13.6. The molecule has 0 heterocycles. The standard InChI is InChI=1S/C12H12F4OS/c13-9-3-1-5-11(7-9)18-8-10(17)4-2-6-12(14,15)16/h1,3,5,7H,2,4,6,8H2. The zero-order valence-electron chi connectivity index (χ0n) is 9.47. The molecule has 100 valence electrons. The van der Waals surface area contributed by atoms with Crippen molar-refractivity contribution in [2.24, 2.45) is 0 Å². The van der Waals surface area contributed by atoms with Crippen molar-refractivity contribution >= 4 is 17.5 Å². The third-order valence-electron chi connectivity index (χ3n) is 2.11. The monoisotopic (exact) mass is 280 g/mol. The van der Waals surface area contributed by atoms with Gasteiger partial charge in [-0.2, -0.15) is 13.2 Å². The molecule has 0 radical (unpaired) electrons. The summed E-state index contributed by atoms with van der Waals surface area (Å²) in [6, 6.07) is 5.74. The first-order valence-electron chi connectivity index (χ1n) is 5.33. The van der Waals surface area contributed by atoms with Gasteiger partial charge in [-0.1, -0.05) is 6.07 Å². The van der Waals surface area contributed by atoms with E-state index < -0.39 is 18.4 Å². The topological polar surface area (TPSA) is 17.1 Å². The van der Waals surface area contributed by atoms with Crippen molar-refractivity contribution in [3.63, 3.8) is 0 Å². The van der Waals surface area contributed by atoms with Crippen molar-refractivity contribution in [2.45, 2.75) is 30.3 Å². The minimum Gasteiger partial charge on any atom is -0.299 e. The van der Waals surface area contributed by atoms with Gasteiger partial charge in [-0.3, -0.25) is 4.79 Å². The van der Waals surface area contributed by atoms with Crippen LogP contribution in [0.2, 0.25) is 0 Å². The van der Waals surface area contributed by atoms with Gasteiger partial charge in [-0.05, 0) is 24.6 Å². The van der Waals surface area contributed by atoms with Gasteiger partial charge < -0.3 is 0 Å². The first-order valence-corrected chi connectivity index (χ1v) is 6.32. The van der Waals surface area contributed by atoms with Crippen LogP contribution in [0.5, 0.6) is 0 Å². The lowest BCUT2D eigenvalue weighted by atomic mass is 10.2. The number of carbonyl (C=O) groups excluding carboxylic acids is 1. The van der Waals surface area contributed by atoms with E-state index in [-0.39, 0.29) is 24.4 Å². The van der Waals surface area contributed by atoms with Crippen molar-refractivity contribution in [3.05, 3.63) is 30.1 Å². The van der Waals surface area contributed by atoms with E-state index in [2.05, 4.69) is 0 Å². The van der Waals surface area contributed by atoms with Gasteiger partial charge in [0.1, 0.15) is 11.6 Å². The molecule has 1 rings (SSSR count). The summed E-state index contributed by atoms with van der Waals surface area (Å²) in [5.41, 5.74) is 0. The van der Waals surface area contributed by atoms with Crippen LogP contribution in [0.4, 0.5) is 17.6 Å². The molecule has 0 bridgehead atoms. The fourth-order valence-corrected chi connectivity index (χ4v) is 2.12. The number of alkyl halides is 3. The quantitative estimate of drug-likeness (QED) is 0.573. The van der Waals surface area contributed by atoms with Crippen LogP contribution in [0.25, 0.3) is 0 Å². The summed E-state index contributed by atoms with van der Waals surface area (Å²) in [6.07, 6.45) is -5.44. The van der Waals surface area contributed by atoms with Gasteiger partial charge in [0.25, 0.3) is 0 Å². The molecule has 0 saturated heterocycles. The van der Waals surface area contributed by atoms with Gasteiger partial charge in [0.15, 0.2) is 0 Å².